The van der Waals surface area contributed by atoms with Crippen LogP contribution in [0.15, 0.2) is 30.3 Å². The van der Waals surface area contributed by atoms with E-state index < -0.39 is 0 Å². The molecule has 0 atom stereocenters. The van der Waals surface area contributed by atoms with Gasteiger partial charge in [0.05, 0.1) is 0 Å². The molecule has 0 fully saturated rings. The molecule has 3 rings (SSSR count). The summed E-state index contributed by atoms with van der Waals surface area (Å²) < 4.78 is 0. The van der Waals surface area contributed by atoms with Gasteiger partial charge in [-0.2, -0.15) is 0 Å². The topological polar surface area (TPSA) is 29.0 Å². The number of aromatic nitrogens is 2. The smallest absolute Gasteiger partial charge is 0.224 e. The zero-order valence-electron chi connectivity index (χ0n) is 9.52. The molecule has 0 amide bonds. The summed E-state index contributed by atoms with van der Waals surface area (Å²) in [6, 6.07) is 10.4. The highest BCUT2D eigenvalue weighted by Gasteiger charge is 2.19. The minimum absolute atomic E-state index is 0.316. The standard InChI is InChI=1S/C13H12ClN3/c1-9-6-12(16-13(14)15-9)17-7-10-4-2-3-5-11(10)8-17/h2-6H,7-8H2,1H3. The average molecular weight is 246 g/mol. The fraction of sp³-hybridized carbons (Fsp3) is 0.231. The van der Waals surface area contributed by atoms with Gasteiger partial charge in [-0.25, -0.2) is 9.97 Å². The lowest BCUT2D eigenvalue weighted by Crippen LogP contribution is -2.16. The average Bonchev–Trinajstić information content (AvgIpc) is 2.71. The van der Waals surface area contributed by atoms with E-state index in [-0.39, 0.29) is 0 Å². The summed E-state index contributed by atoms with van der Waals surface area (Å²) in [5.74, 6) is 0.902. The minimum Gasteiger partial charge on any atom is -0.348 e. The third-order valence-corrected chi connectivity index (χ3v) is 3.15. The highest BCUT2D eigenvalue weighted by atomic mass is 35.5. The minimum atomic E-state index is 0.316. The van der Waals surface area contributed by atoms with E-state index in [0.29, 0.717) is 5.28 Å². The molecule has 1 aliphatic heterocycles. The van der Waals surface area contributed by atoms with Crippen molar-refractivity contribution >= 4 is 17.4 Å². The number of fused-ring (bicyclic) bond motifs is 1. The van der Waals surface area contributed by atoms with Crippen LogP contribution >= 0.6 is 11.6 Å². The number of aryl methyl sites for hydroxylation is 1. The lowest BCUT2D eigenvalue weighted by Gasteiger charge is -2.16. The van der Waals surface area contributed by atoms with Crippen LogP contribution in [0.4, 0.5) is 5.82 Å². The quantitative estimate of drug-likeness (QED) is 0.724. The van der Waals surface area contributed by atoms with Gasteiger partial charge in [0.2, 0.25) is 5.28 Å². The Morgan fingerprint density at radius 2 is 1.76 bits per heavy atom. The van der Waals surface area contributed by atoms with Gasteiger partial charge in [-0.05, 0) is 29.7 Å². The molecule has 2 aromatic rings. The molecule has 0 unspecified atom stereocenters. The van der Waals surface area contributed by atoms with Crippen molar-refractivity contribution < 1.29 is 0 Å². The van der Waals surface area contributed by atoms with Crippen molar-refractivity contribution in [3.05, 3.63) is 52.4 Å². The largest absolute Gasteiger partial charge is 0.348 e. The Balaban J connectivity index is 1.93. The van der Waals surface area contributed by atoms with Crippen molar-refractivity contribution in [1.82, 2.24) is 9.97 Å². The Hall–Kier alpha value is -1.61. The third kappa shape index (κ3) is 1.98. The summed E-state index contributed by atoms with van der Waals surface area (Å²) in [7, 11) is 0. The second-order valence-electron chi connectivity index (χ2n) is 4.26. The lowest BCUT2D eigenvalue weighted by atomic mass is 10.1. The number of hydrogen-bond donors (Lipinski definition) is 0. The van der Waals surface area contributed by atoms with Crippen molar-refractivity contribution in [2.45, 2.75) is 20.0 Å². The van der Waals surface area contributed by atoms with Crippen molar-refractivity contribution in [3.8, 4) is 0 Å². The van der Waals surface area contributed by atoms with Crippen LogP contribution in [0, 0.1) is 6.92 Å². The van der Waals surface area contributed by atoms with Gasteiger partial charge in [-0.3, -0.25) is 0 Å². The molecule has 4 heteroatoms. The number of benzene rings is 1. The normalized spacial score (nSPS) is 13.9. The Kier molecular flexibility index (Phi) is 2.48. The van der Waals surface area contributed by atoms with Crippen LogP contribution in [0.25, 0.3) is 0 Å². The highest BCUT2D eigenvalue weighted by Crippen LogP contribution is 2.27. The van der Waals surface area contributed by atoms with Gasteiger partial charge < -0.3 is 4.90 Å². The first-order valence-electron chi connectivity index (χ1n) is 5.55. The molecule has 0 saturated heterocycles. The molecule has 1 aromatic carbocycles. The first-order valence-corrected chi connectivity index (χ1v) is 5.93. The Morgan fingerprint density at radius 3 is 2.35 bits per heavy atom. The van der Waals surface area contributed by atoms with Gasteiger partial charge in [0.15, 0.2) is 0 Å². The van der Waals surface area contributed by atoms with Gasteiger partial charge in [0, 0.05) is 24.8 Å². The Labute approximate surface area is 105 Å². The fourth-order valence-corrected chi connectivity index (χ4v) is 2.39. The molecular weight excluding hydrogens is 234 g/mol. The first kappa shape index (κ1) is 10.5. The number of nitrogens with zero attached hydrogens (tertiary/aromatic N) is 3. The molecule has 0 bridgehead atoms. The summed E-state index contributed by atoms with van der Waals surface area (Å²) in [6.07, 6.45) is 0. The summed E-state index contributed by atoms with van der Waals surface area (Å²) in [5.41, 5.74) is 3.62. The van der Waals surface area contributed by atoms with Gasteiger partial charge in [0.1, 0.15) is 5.82 Å². The molecule has 17 heavy (non-hydrogen) atoms. The van der Waals surface area contributed by atoms with E-state index in [1.165, 1.54) is 11.1 Å². The van der Waals surface area contributed by atoms with Crippen LogP contribution in [0.5, 0.6) is 0 Å². The lowest BCUT2D eigenvalue weighted by molar-refractivity contribution is 0.848. The molecule has 3 nitrogen and oxygen atoms in total. The molecule has 0 N–H and O–H groups in total. The van der Waals surface area contributed by atoms with Gasteiger partial charge >= 0.3 is 0 Å². The number of hydrogen-bond acceptors (Lipinski definition) is 3. The molecule has 1 aliphatic rings. The van der Waals surface area contributed by atoms with Crippen molar-refractivity contribution in [2.24, 2.45) is 0 Å². The Bertz CT molecular complexity index is 523. The van der Waals surface area contributed by atoms with Crippen LogP contribution in [0.2, 0.25) is 5.28 Å². The highest BCUT2D eigenvalue weighted by molar-refractivity contribution is 6.28. The van der Waals surface area contributed by atoms with Crippen LogP contribution in [0.1, 0.15) is 16.8 Å². The van der Waals surface area contributed by atoms with E-state index in [0.717, 1.165) is 24.6 Å². The molecule has 1 aromatic heterocycles. The summed E-state index contributed by atoms with van der Waals surface area (Å²) in [4.78, 5) is 10.6. The zero-order valence-corrected chi connectivity index (χ0v) is 10.3. The van der Waals surface area contributed by atoms with E-state index in [4.69, 9.17) is 11.6 Å². The van der Waals surface area contributed by atoms with E-state index in [1.807, 2.05) is 13.0 Å². The van der Waals surface area contributed by atoms with Crippen LogP contribution in [-0.4, -0.2) is 9.97 Å². The molecule has 0 spiro atoms. The molecule has 0 saturated carbocycles. The monoisotopic (exact) mass is 245 g/mol. The molecule has 0 aliphatic carbocycles. The van der Waals surface area contributed by atoms with E-state index in [1.54, 1.807) is 0 Å². The Morgan fingerprint density at radius 1 is 1.12 bits per heavy atom. The molecular formula is C13H12ClN3. The van der Waals surface area contributed by atoms with Crippen molar-refractivity contribution in [1.29, 1.82) is 0 Å². The maximum atomic E-state index is 5.89. The summed E-state index contributed by atoms with van der Waals surface area (Å²) >= 11 is 5.89. The zero-order chi connectivity index (χ0) is 11.8. The molecule has 2 heterocycles. The van der Waals surface area contributed by atoms with Crippen molar-refractivity contribution in [3.63, 3.8) is 0 Å². The van der Waals surface area contributed by atoms with Crippen molar-refractivity contribution in [2.75, 3.05) is 4.90 Å². The van der Waals surface area contributed by atoms with Gasteiger partial charge in [-0.15, -0.1) is 0 Å². The maximum absolute atomic E-state index is 5.89. The molecule has 0 radical (unpaired) electrons. The van der Waals surface area contributed by atoms with Gasteiger partial charge in [-0.1, -0.05) is 24.3 Å². The van der Waals surface area contributed by atoms with Gasteiger partial charge in [0.25, 0.3) is 0 Å². The van der Waals surface area contributed by atoms with Crippen LogP contribution in [-0.2, 0) is 13.1 Å². The van der Waals surface area contributed by atoms with E-state index in [9.17, 15) is 0 Å². The second kappa shape index (κ2) is 4.00. The number of rotatable bonds is 1. The fourth-order valence-electron chi connectivity index (χ4n) is 2.17. The predicted octanol–water partition coefficient (Wildman–Crippen LogP) is 2.96. The van der Waals surface area contributed by atoms with E-state index in [2.05, 4.69) is 39.1 Å². The third-order valence-electron chi connectivity index (χ3n) is 2.98. The number of anilines is 1. The van der Waals surface area contributed by atoms with Crippen LogP contribution in [0.3, 0.4) is 0 Å². The summed E-state index contributed by atoms with van der Waals surface area (Å²) in [6.45, 7) is 3.71. The summed E-state index contributed by atoms with van der Waals surface area (Å²) in [5, 5.41) is 0.316. The first-order chi connectivity index (χ1) is 8.22. The van der Waals surface area contributed by atoms with Crippen LogP contribution < -0.4 is 4.90 Å². The van der Waals surface area contributed by atoms with E-state index >= 15 is 0 Å². The second-order valence-corrected chi connectivity index (χ2v) is 4.60. The molecule has 86 valence electrons. The number of halogens is 1. The SMILES string of the molecule is Cc1cc(N2Cc3ccccc3C2)nc(Cl)n1. The maximum Gasteiger partial charge on any atom is 0.224 e. The predicted molar refractivity (Wildman–Crippen MR) is 68.1 cm³/mol.